The number of nitrogens with zero attached hydrogens (tertiary/aromatic N) is 11. The Labute approximate surface area is 584 Å². The molecule has 12 atom stereocenters. The topological polar surface area (TPSA) is 304 Å². The summed E-state index contributed by atoms with van der Waals surface area (Å²) >= 11 is 0. The van der Waals surface area contributed by atoms with Crippen molar-refractivity contribution in [2.45, 2.75) is 174 Å². The van der Waals surface area contributed by atoms with Crippen LogP contribution < -0.4 is 5.32 Å². The van der Waals surface area contributed by atoms with E-state index in [2.05, 4.69) is 53.6 Å². The molecule has 0 aliphatic heterocycles. The number of hydrogen-bond acceptors (Lipinski definition) is 19. The highest BCUT2D eigenvalue weighted by molar-refractivity contribution is 5.93. The summed E-state index contributed by atoms with van der Waals surface area (Å²) in [4.78, 5) is 116. The van der Waals surface area contributed by atoms with Crippen LogP contribution in [0.4, 0.5) is 0 Å². The maximum absolute atomic E-state index is 14.9. The van der Waals surface area contributed by atoms with E-state index in [-0.39, 0.29) is 131 Å². The van der Waals surface area contributed by atoms with Crippen molar-refractivity contribution in [2.75, 3.05) is 133 Å². The Morgan fingerprint density at radius 2 is 0.869 bits per heavy atom. The van der Waals surface area contributed by atoms with Gasteiger partial charge in [0.1, 0.15) is 28.4 Å². The highest BCUT2D eigenvalue weighted by Gasteiger charge is 2.67. The molecule has 10 rings (SSSR count). The van der Waals surface area contributed by atoms with Gasteiger partial charge >= 0.3 is 0 Å². The Kier molecular flexibility index (Phi) is 24.4. The molecular weight excluding hydrogens is 1270 g/mol. The Hall–Kier alpha value is -6.16. The molecule has 2 aromatic rings. The SMILES string of the molecule is COCCN(CC(C)=O)C(=O)CN(CCOC)C(=O)CN(CCCn1cc([C@]2(O)CCC3C4CCC5=CC(=O)CC[C@]5(C)C4CC[C@@]32C)nn1)C(=O)CN(CCOC)C(=O)CN(CCOC)C(=O)CNCCCn1cc([C@]2(O)CCC3C4CCC5=CC(=O)CC[C@]5(C)C4CC[C@@]32C)nn1. The van der Waals surface area contributed by atoms with Crippen LogP contribution in [0.3, 0.4) is 0 Å². The number of aliphatic hydroxyl groups is 2. The number of fused-ring (bicyclic) bond motifs is 10. The van der Waals surface area contributed by atoms with Crippen LogP contribution in [0.15, 0.2) is 35.7 Å². The molecule has 0 spiro atoms. The number of ketones is 3. The molecular formula is C73H112N12O14. The van der Waals surface area contributed by atoms with Crippen molar-refractivity contribution in [3.63, 3.8) is 0 Å². The van der Waals surface area contributed by atoms with Crippen LogP contribution in [-0.4, -0.2) is 245 Å². The van der Waals surface area contributed by atoms with Crippen LogP contribution in [0.1, 0.15) is 162 Å². The summed E-state index contributed by atoms with van der Waals surface area (Å²) in [6.45, 7) is 10.2. The van der Waals surface area contributed by atoms with Gasteiger partial charge in [0.25, 0.3) is 0 Å². The zero-order chi connectivity index (χ0) is 71.1. The zero-order valence-corrected chi connectivity index (χ0v) is 60.4. The number of hydrogen-bond donors (Lipinski definition) is 3. The van der Waals surface area contributed by atoms with Crippen LogP contribution in [0.5, 0.6) is 0 Å². The van der Waals surface area contributed by atoms with Crippen molar-refractivity contribution in [1.29, 1.82) is 0 Å². The van der Waals surface area contributed by atoms with Gasteiger partial charge in [-0.1, -0.05) is 49.3 Å². The fourth-order valence-corrected chi connectivity index (χ4v) is 19.9. The van der Waals surface area contributed by atoms with Gasteiger partial charge in [-0.05, 0) is 175 Å². The van der Waals surface area contributed by atoms with E-state index >= 15 is 0 Å². The Morgan fingerprint density at radius 1 is 0.495 bits per heavy atom. The van der Waals surface area contributed by atoms with E-state index < -0.39 is 66.4 Å². The normalized spacial score (nSPS) is 30.6. The van der Waals surface area contributed by atoms with E-state index in [4.69, 9.17) is 18.9 Å². The van der Waals surface area contributed by atoms with Gasteiger partial charge in [-0.25, -0.2) is 0 Å². The van der Waals surface area contributed by atoms with Crippen molar-refractivity contribution < 1.29 is 67.5 Å². The average Bonchev–Trinajstić information content (AvgIpc) is 1.63. The van der Waals surface area contributed by atoms with Crippen molar-refractivity contribution in [2.24, 2.45) is 57.2 Å². The number of Topliss-reactive ketones (excluding diaryl/α,β-unsaturated/α-hetero) is 1. The maximum atomic E-state index is 14.9. The van der Waals surface area contributed by atoms with Crippen LogP contribution in [0.2, 0.25) is 0 Å². The maximum Gasteiger partial charge on any atom is 0.242 e. The monoisotopic (exact) mass is 1380 g/mol. The van der Waals surface area contributed by atoms with E-state index in [1.165, 1.54) is 71.0 Å². The minimum absolute atomic E-state index is 0.00596. The first kappa shape index (κ1) is 75.5. The van der Waals surface area contributed by atoms with E-state index in [1.807, 2.05) is 18.3 Å². The first-order valence-electron chi connectivity index (χ1n) is 36.6. The lowest BCUT2D eigenvalue weighted by molar-refractivity contribution is -0.148. The quantitative estimate of drug-likeness (QED) is 0.0800. The van der Waals surface area contributed by atoms with Crippen molar-refractivity contribution in [1.82, 2.24) is 59.8 Å². The molecule has 0 aromatic carbocycles. The molecule has 0 saturated heterocycles. The molecule has 3 N–H and O–H groups in total. The van der Waals surface area contributed by atoms with Gasteiger partial charge in [0.15, 0.2) is 11.6 Å². The van der Waals surface area contributed by atoms with Crippen molar-refractivity contribution in [3.05, 3.63) is 47.1 Å². The van der Waals surface area contributed by atoms with E-state index in [0.717, 1.165) is 77.0 Å². The summed E-state index contributed by atoms with van der Waals surface area (Å²) in [5, 5.41) is 46.9. The minimum Gasteiger partial charge on any atom is -0.383 e. The first-order chi connectivity index (χ1) is 47.3. The number of carbonyl (C=O) groups excluding carboxylic acids is 8. The van der Waals surface area contributed by atoms with Gasteiger partial charge in [-0.3, -0.25) is 47.7 Å². The molecule has 0 bridgehead atoms. The molecule has 8 aliphatic rings. The second-order valence-corrected chi connectivity index (χ2v) is 31.0. The van der Waals surface area contributed by atoms with E-state index in [0.29, 0.717) is 86.2 Å². The number of carbonyl (C=O) groups is 8. The lowest BCUT2D eigenvalue weighted by Gasteiger charge is -2.59. The average molecular weight is 1380 g/mol. The fourth-order valence-electron chi connectivity index (χ4n) is 19.9. The number of aryl methyl sites for hydroxylation is 2. The number of amides is 5. The van der Waals surface area contributed by atoms with E-state index in [9.17, 15) is 48.6 Å². The van der Waals surface area contributed by atoms with Gasteiger partial charge in [-0.15, -0.1) is 10.2 Å². The highest BCUT2D eigenvalue weighted by Crippen LogP contribution is 2.71. The first-order valence-corrected chi connectivity index (χ1v) is 36.6. The molecule has 26 heteroatoms. The fraction of sp³-hybridized carbons (Fsp3) is 0.781. The zero-order valence-electron chi connectivity index (χ0n) is 60.4. The number of allylic oxidation sites excluding steroid dienone is 2. The highest BCUT2D eigenvalue weighted by atomic mass is 16.5. The number of nitrogens with one attached hydrogen (secondary N) is 1. The third-order valence-corrected chi connectivity index (χ3v) is 25.7. The van der Waals surface area contributed by atoms with Crippen LogP contribution in [0.25, 0.3) is 0 Å². The number of methoxy groups -OCH3 is 4. The van der Waals surface area contributed by atoms with Gasteiger partial charge in [0.2, 0.25) is 29.5 Å². The summed E-state index contributed by atoms with van der Waals surface area (Å²) in [7, 11) is 5.92. The smallest absolute Gasteiger partial charge is 0.242 e. The minimum atomic E-state index is -1.23. The Morgan fingerprint density at radius 3 is 1.27 bits per heavy atom. The third kappa shape index (κ3) is 15.6. The number of rotatable bonds is 34. The molecule has 8 aliphatic carbocycles. The number of ether oxygens (including phenoxy) is 4. The second kappa shape index (κ2) is 32.0. The molecule has 6 saturated carbocycles. The van der Waals surface area contributed by atoms with Gasteiger partial charge in [0.05, 0.1) is 78.1 Å². The molecule has 2 aromatic heterocycles. The summed E-state index contributed by atoms with van der Waals surface area (Å²) in [5.74, 6) is 0.112. The largest absolute Gasteiger partial charge is 0.383 e. The molecule has 2 heterocycles. The molecule has 5 amide bonds. The molecule has 6 unspecified atom stereocenters. The molecule has 26 nitrogen and oxygen atoms in total. The predicted octanol–water partition coefficient (Wildman–Crippen LogP) is 4.70. The van der Waals surface area contributed by atoms with Crippen molar-refractivity contribution in [3.8, 4) is 0 Å². The van der Waals surface area contributed by atoms with Crippen LogP contribution in [-0.2, 0) is 81.6 Å². The Bertz CT molecular complexity index is 3320. The molecule has 548 valence electrons. The summed E-state index contributed by atoms with van der Waals surface area (Å²) in [6.07, 6.45) is 21.8. The molecule has 6 fully saturated rings. The van der Waals surface area contributed by atoms with Crippen molar-refractivity contribution >= 4 is 46.9 Å². The summed E-state index contributed by atoms with van der Waals surface area (Å²) in [5.41, 5.74) is 0.600. The predicted molar refractivity (Wildman–Crippen MR) is 364 cm³/mol. The second-order valence-electron chi connectivity index (χ2n) is 31.0. The van der Waals surface area contributed by atoms with Crippen LogP contribution >= 0.6 is 0 Å². The third-order valence-electron chi connectivity index (χ3n) is 25.7. The lowest BCUT2D eigenvalue weighted by Crippen LogP contribution is -2.53. The molecule has 99 heavy (non-hydrogen) atoms. The lowest BCUT2D eigenvalue weighted by atomic mass is 9.46. The standard InChI is InChI=1S/C73H112N12O14/c1-50(86)43-80(32-36-96-6)65(91)49-83(35-39-99-9)66(92)46-79(29-11-31-85-45-62(76-78-85)73(95)27-21-60-56-15-13-52-41-54(88)17-23-69(52,3)58(56)19-25-71(60,73)5)64(90)48-82(34-38-98-8)67(93)47-81(33-37-97-7)63(89)42-74-28-10-30-84-44-61(75-77-84)72(94)26-20-59-55-14-12-51-40-53(87)16-22-68(51,2)57(55)18-24-70(59,72)4/h40-41,44-45,55-60,74,94-95H,10-39,42-43,46-49H2,1-9H3/t55?,56?,57?,58?,59?,60?,68-,69-,70-,71-,72+,73+/m0/s1. The van der Waals surface area contributed by atoms with Crippen LogP contribution in [0, 0.1) is 57.2 Å². The Balaban J connectivity index is 0.772. The van der Waals surface area contributed by atoms with Gasteiger partial charge in [-0.2, -0.15) is 0 Å². The molecule has 0 radical (unpaired) electrons. The number of aromatic nitrogens is 6. The van der Waals surface area contributed by atoms with Gasteiger partial charge < -0.3 is 59.0 Å². The van der Waals surface area contributed by atoms with E-state index in [1.54, 1.807) is 15.6 Å². The summed E-state index contributed by atoms with van der Waals surface area (Å²) < 4.78 is 24.8. The van der Waals surface area contributed by atoms with Gasteiger partial charge in [0, 0.05) is 97.9 Å². The summed E-state index contributed by atoms with van der Waals surface area (Å²) in [6, 6.07) is 0.